The van der Waals surface area contributed by atoms with Gasteiger partial charge in [-0.15, -0.1) is 9.46 Å². The molecule has 1 heterocycles. The standard InChI is InChI=1S/C10H3ClF3N3O3/c11-5-2-7-6(1-4(5)10(12,13)14)17(20)9(18)8(3-15)16(7)19/h1-2,18H. The van der Waals surface area contributed by atoms with Gasteiger partial charge in [0.15, 0.2) is 6.07 Å². The maximum absolute atomic E-state index is 12.7. The van der Waals surface area contributed by atoms with E-state index in [4.69, 9.17) is 16.9 Å². The van der Waals surface area contributed by atoms with Crippen molar-refractivity contribution in [3.63, 3.8) is 0 Å². The van der Waals surface area contributed by atoms with Crippen molar-refractivity contribution in [2.75, 3.05) is 0 Å². The van der Waals surface area contributed by atoms with Crippen LogP contribution in [0.1, 0.15) is 11.3 Å². The quantitative estimate of drug-likeness (QED) is 0.587. The smallest absolute Gasteiger partial charge is 0.465 e. The van der Waals surface area contributed by atoms with Gasteiger partial charge in [0.2, 0.25) is 0 Å². The number of nitriles is 1. The molecule has 1 aromatic heterocycles. The number of halogens is 4. The fraction of sp³-hybridized carbons (Fsp3) is 0.100. The van der Waals surface area contributed by atoms with E-state index in [-0.39, 0.29) is 9.46 Å². The summed E-state index contributed by atoms with van der Waals surface area (Å²) >= 11 is 5.42. The molecular weight excluding hydrogens is 303 g/mol. The van der Waals surface area contributed by atoms with Crippen molar-refractivity contribution in [1.29, 1.82) is 5.26 Å². The third kappa shape index (κ3) is 1.90. The summed E-state index contributed by atoms with van der Waals surface area (Å²) in [5.74, 6) is -1.29. The second-order valence-electron chi connectivity index (χ2n) is 3.69. The topological polar surface area (TPSA) is 97.9 Å². The number of rotatable bonds is 0. The summed E-state index contributed by atoms with van der Waals surface area (Å²) in [5, 5.41) is 40.5. The first kappa shape index (κ1) is 14.0. The van der Waals surface area contributed by atoms with Gasteiger partial charge in [-0.25, -0.2) is 0 Å². The van der Waals surface area contributed by atoms with Gasteiger partial charge < -0.3 is 15.5 Å². The van der Waals surface area contributed by atoms with E-state index in [9.17, 15) is 28.7 Å². The predicted molar refractivity (Wildman–Crippen MR) is 58.3 cm³/mol. The fourth-order valence-electron chi connectivity index (χ4n) is 1.61. The molecule has 1 aromatic carbocycles. The minimum Gasteiger partial charge on any atom is -0.617 e. The second kappa shape index (κ2) is 4.28. The molecule has 2 rings (SSSR count). The van der Waals surface area contributed by atoms with Gasteiger partial charge in [0.25, 0.3) is 11.0 Å². The molecule has 0 saturated heterocycles. The molecule has 0 aliphatic rings. The minimum atomic E-state index is -4.84. The Morgan fingerprint density at radius 2 is 1.75 bits per heavy atom. The fourth-order valence-corrected chi connectivity index (χ4v) is 1.88. The Morgan fingerprint density at radius 3 is 2.25 bits per heavy atom. The highest BCUT2D eigenvalue weighted by atomic mass is 35.5. The summed E-state index contributed by atoms with van der Waals surface area (Å²) < 4.78 is 37.5. The zero-order valence-corrected chi connectivity index (χ0v) is 10.0. The molecule has 10 heteroatoms. The lowest BCUT2D eigenvalue weighted by atomic mass is 10.1. The van der Waals surface area contributed by atoms with Crippen LogP contribution < -0.4 is 9.46 Å². The molecule has 0 radical (unpaired) electrons. The van der Waals surface area contributed by atoms with Crippen molar-refractivity contribution >= 4 is 22.6 Å². The molecule has 0 bridgehead atoms. The Bertz CT molecular complexity index is 771. The highest BCUT2D eigenvalue weighted by molar-refractivity contribution is 6.32. The summed E-state index contributed by atoms with van der Waals surface area (Å²) in [6.07, 6.45) is -4.84. The molecule has 0 aliphatic carbocycles. The van der Waals surface area contributed by atoms with Gasteiger partial charge in [0.1, 0.15) is 0 Å². The molecule has 1 N–H and O–H groups in total. The van der Waals surface area contributed by atoms with E-state index in [1.165, 1.54) is 6.07 Å². The lowest BCUT2D eigenvalue weighted by Crippen LogP contribution is -2.41. The van der Waals surface area contributed by atoms with Crippen LogP contribution in [0.4, 0.5) is 13.2 Å². The van der Waals surface area contributed by atoms with E-state index < -0.39 is 39.4 Å². The van der Waals surface area contributed by atoms with Crippen LogP contribution in [-0.2, 0) is 6.18 Å². The molecule has 0 unspecified atom stereocenters. The van der Waals surface area contributed by atoms with Crippen molar-refractivity contribution in [2.24, 2.45) is 0 Å². The molecule has 2 aromatic rings. The first-order valence-corrected chi connectivity index (χ1v) is 5.25. The zero-order chi connectivity index (χ0) is 15.2. The minimum absolute atomic E-state index is 0.162. The van der Waals surface area contributed by atoms with Crippen LogP contribution in [0.2, 0.25) is 5.02 Å². The summed E-state index contributed by atoms with van der Waals surface area (Å²) in [7, 11) is 0. The zero-order valence-electron chi connectivity index (χ0n) is 9.27. The predicted octanol–water partition coefficient (Wildman–Crippen LogP) is 1.36. The third-order valence-electron chi connectivity index (χ3n) is 2.52. The van der Waals surface area contributed by atoms with Crippen LogP contribution in [0, 0.1) is 21.7 Å². The van der Waals surface area contributed by atoms with Gasteiger partial charge >= 0.3 is 17.8 Å². The number of aromatic hydroxyl groups is 1. The lowest BCUT2D eigenvalue weighted by Gasteiger charge is -2.11. The Morgan fingerprint density at radius 1 is 1.20 bits per heavy atom. The number of hydrogen-bond donors (Lipinski definition) is 1. The number of hydrogen-bond acceptors (Lipinski definition) is 4. The molecule has 0 amide bonds. The van der Waals surface area contributed by atoms with Crippen LogP contribution in [-0.4, -0.2) is 5.11 Å². The van der Waals surface area contributed by atoms with Crippen LogP contribution >= 0.6 is 11.6 Å². The van der Waals surface area contributed by atoms with Gasteiger partial charge in [-0.2, -0.15) is 18.4 Å². The molecule has 0 fully saturated rings. The number of nitrogens with zero attached hydrogens (tertiary/aromatic N) is 3. The summed E-state index contributed by atoms with van der Waals surface area (Å²) in [4.78, 5) is 0. The van der Waals surface area contributed by atoms with Gasteiger partial charge in [-0.05, 0) is 0 Å². The summed E-state index contributed by atoms with van der Waals surface area (Å²) in [6.45, 7) is 0. The van der Waals surface area contributed by atoms with Crippen LogP contribution in [0.15, 0.2) is 12.1 Å². The monoisotopic (exact) mass is 305 g/mol. The average molecular weight is 306 g/mol. The van der Waals surface area contributed by atoms with Gasteiger partial charge in [0.05, 0.1) is 10.6 Å². The maximum Gasteiger partial charge on any atom is 0.465 e. The Kier molecular flexibility index (Phi) is 2.98. The molecular formula is C10H3ClF3N3O3. The highest BCUT2D eigenvalue weighted by Crippen LogP contribution is 2.36. The number of benzene rings is 1. The Hall–Kier alpha value is -2.47. The largest absolute Gasteiger partial charge is 0.617 e. The molecule has 0 saturated carbocycles. The molecule has 0 spiro atoms. The maximum atomic E-state index is 12.7. The summed E-state index contributed by atoms with van der Waals surface area (Å²) in [6, 6.07) is 2.22. The van der Waals surface area contributed by atoms with Crippen LogP contribution in [0.5, 0.6) is 5.88 Å². The van der Waals surface area contributed by atoms with E-state index in [0.717, 1.165) is 0 Å². The van der Waals surface area contributed by atoms with Crippen molar-refractivity contribution in [3.8, 4) is 11.9 Å². The van der Waals surface area contributed by atoms with Crippen molar-refractivity contribution in [2.45, 2.75) is 6.18 Å². The van der Waals surface area contributed by atoms with E-state index in [1.807, 2.05) is 0 Å². The van der Waals surface area contributed by atoms with E-state index in [1.54, 1.807) is 0 Å². The molecule has 0 atom stereocenters. The van der Waals surface area contributed by atoms with E-state index in [2.05, 4.69) is 0 Å². The van der Waals surface area contributed by atoms with Crippen molar-refractivity contribution in [3.05, 3.63) is 38.8 Å². The van der Waals surface area contributed by atoms with Gasteiger partial charge in [-0.3, -0.25) is 0 Å². The number of aromatic nitrogens is 2. The highest BCUT2D eigenvalue weighted by Gasteiger charge is 2.37. The molecule has 104 valence electrons. The average Bonchev–Trinajstić information content (AvgIpc) is 2.35. The first-order chi connectivity index (χ1) is 9.18. The number of alkyl halides is 3. The molecule has 20 heavy (non-hydrogen) atoms. The number of fused-ring (bicyclic) bond motifs is 1. The normalized spacial score (nSPS) is 11.6. The SMILES string of the molecule is N#Cc1c(O)[n+]([O-])c2cc(C(F)(F)F)c(Cl)cc2[n+]1[O-]. The second-order valence-corrected chi connectivity index (χ2v) is 4.10. The van der Waals surface area contributed by atoms with E-state index in [0.29, 0.717) is 12.1 Å². The summed E-state index contributed by atoms with van der Waals surface area (Å²) in [5.41, 5.74) is -3.59. The van der Waals surface area contributed by atoms with Gasteiger partial charge in [0, 0.05) is 12.1 Å². The van der Waals surface area contributed by atoms with Gasteiger partial charge in [-0.1, -0.05) is 11.6 Å². The Balaban J connectivity index is 2.98. The first-order valence-electron chi connectivity index (χ1n) is 4.87. The Labute approximate surface area is 113 Å². The molecule has 0 aliphatic heterocycles. The lowest BCUT2D eigenvalue weighted by molar-refractivity contribution is -0.636. The van der Waals surface area contributed by atoms with Crippen LogP contribution in [0.3, 0.4) is 0 Å². The van der Waals surface area contributed by atoms with E-state index >= 15 is 0 Å². The van der Waals surface area contributed by atoms with Crippen LogP contribution in [0.25, 0.3) is 11.0 Å². The van der Waals surface area contributed by atoms with Crippen molar-refractivity contribution in [1.82, 2.24) is 0 Å². The third-order valence-corrected chi connectivity index (χ3v) is 2.83. The van der Waals surface area contributed by atoms with Crippen molar-refractivity contribution < 1.29 is 27.7 Å². The molecule has 6 nitrogen and oxygen atoms in total.